The molecule has 0 spiro atoms. The lowest BCUT2D eigenvalue weighted by Gasteiger charge is -2.27. The maximum atomic E-state index is 13.4. The predicted molar refractivity (Wildman–Crippen MR) is 117 cm³/mol. The second kappa shape index (κ2) is 8.82. The van der Waals surface area contributed by atoms with Crippen molar-refractivity contribution in [1.29, 1.82) is 0 Å². The van der Waals surface area contributed by atoms with Crippen LogP contribution in [-0.2, 0) is 38.4 Å². The molecule has 8 nitrogen and oxygen atoms in total. The summed E-state index contributed by atoms with van der Waals surface area (Å²) >= 11 is 0. The van der Waals surface area contributed by atoms with Crippen LogP contribution in [0.5, 0.6) is 0 Å². The number of nitrogens with one attached hydrogen (secondary N) is 2. The first-order valence-corrected chi connectivity index (χ1v) is 10.6. The molecule has 0 aliphatic carbocycles. The number of aryl methyl sites for hydroxylation is 1. The molecule has 3 atom stereocenters. The summed E-state index contributed by atoms with van der Waals surface area (Å²) in [5.74, 6) is -2.33. The number of para-hydroxylation sites is 1. The Hall–Kier alpha value is -3.68. The van der Waals surface area contributed by atoms with Crippen LogP contribution in [0.2, 0.25) is 0 Å². The molecule has 3 amide bonds. The van der Waals surface area contributed by atoms with Crippen molar-refractivity contribution in [1.82, 2.24) is 10.6 Å². The van der Waals surface area contributed by atoms with Crippen LogP contribution in [0.4, 0.5) is 5.69 Å². The number of carbonyl (C=O) groups is 4. The summed E-state index contributed by atoms with van der Waals surface area (Å²) in [7, 11) is 0. The zero-order chi connectivity index (χ0) is 22.8. The lowest BCUT2D eigenvalue weighted by Crippen LogP contribution is -2.56. The minimum Gasteiger partial charge on any atom is -0.480 e. The Morgan fingerprint density at radius 3 is 2.50 bits per heavy atom. The molecule has 0 fully saturated rings. The van der Waals surface area contributed by atoms with E-state index in [1.165, 1.54) is 11.8 Å². The molecular weight excluding hydrogens is 410 g/mol. The molecule has 8 heteroatoms. The fourth-order valence-corrected chi connectivity index (χ4v) is 4.54. The number of carboxylic acid groups (broad SMARTS) is 1. The maximum Gasteiger partial charge on any atom is 0.327 e. The summed E-state index contributed by atoms with van der Waals surface area (Å²) in [5.41, 5.74) is 3.26. The Bertz CT molecular complexity index is 1070. The van der Waals surface area contributed by atoms with Gasteiger partial charge in [-0.1, -0.05) is 48.5 Å². The van der Waals surface area contributed by atoms with Gasteiger partial charge in [0.2, 0.25) is 17.7 Å². The van der Waals surface area contributed by atoms with Crippen molar-refractivity contribution in [2.24, 2.45) is 0 Å². The Kier molecular flexibility index (Phi) is 5.94. The highest BCUT2D eigenvalue weighted by Gasteiger charge is 2.44. The summed E-state index contributed by atoms with van der Waals surface area (Å²) in [4.78, 5) is 51.4. The molecule has 166 valence electrons. The van der Waals surface area contributed by atoms with E-state index in [9.17, 15) is 24.3 Å². The molecule has 2 heterocycles. The molecule has 2 aliphatic rings. The van der Waals surface area contributed by atoms with Gasteiger partial charge in [-0.3, -0.25) is 19.3 Å². The fourth-order valence-electron chi connectivity index (χ4n) is 4.54. The maximum absolute atomic E-state index is 13.4. The number of benzene rings is 2. The van der Waals surface area contributed by atoms with E-state index in [-0.39, 0.29) is 18.7 Å². The summed E-state index contributed by atoms with van der Waals surface area (Å²) in [6.45, 7) is 1.34. The third kappa shape index (κ3) is 4.21. The Morgan fingerprint density at radius 1 is 1.09 bits per heavy atom. The molecular formula is C24H25N3O5. The van der Waals surface area contributed by atoms with E-state index in [1.807, 2.05) is 48.5 Å². The highest BCUT2D eigenvalue weighted by Crippen LogP contribution is 2.39. The van der Waals surface area contributed by atoms with Crippen LogP contribution in [0.3, 0.4) is 0 Å². The van der Waals surface area contributed by atoms with E-state index < -0.39 is 35.9 Å². The highest BCUT2D eigenvalue weighted by atomic mass is 16.4. The molecule has 0 unspecified atom stereocenters. The monoisotopic (exact) mass is 435 g/mol. The number of carbonyl (C=O) groups excluding carboxylic acids is 3. The standard InChI is InChI=1S/C24H25N3O5/c1-14(28)25-19(12-15-6-3-2-4-7-15)22(29)26-18-11-10-16-8-5-9-17-13-20(24(31)32)27(21(16)17)23(18)30/h2-9,18-20H,10-13H2,1H3,(H,25,28)(H,26,29)(H,31,32)/t18-,19-,20-/m0/s1. The van der Waals surface area contributed by atoms with Gasteiger partial charge in [-0.25, -0.2) is 4.79 Å². The van der Waals surface area contributed by atoms with Crippen LogP contribution in [-0.4, -0.2) is 46.9 Å². The van der Waals surface area contributed by atoms with Gasteiger partial charge in [-0.15, -0.1) is 0 Å². The summed E-state index contributed by atoms with van der Waals surface area (Å²) in [6, 6.07) is 12.2. The van der Waals surface area contributed by atoms with Crippen LogP contribution in [0.15, 0.2) is 48.5 Å². The average Bonchev–Trinajstić information content (AvgIpc) is 3.10. The van der Waals surface area contributed by atoms with Gasteiger partial charge in [-0.2, -0.15) is 0 Å². The quantitative estimate of drug-likeness (QED) is 0.631. The SMILES string of the molecule is CC(=O)N[C@@H](Cc1ccccc1)C(=O)N[C@H]1CCc2cccc3c2N(C1=O)[C@H](C(=O)O)C3. The zero-order valence-corrected chi connectivity index (χ0v) is 17.7. The molecule has 4 rings (SSSR count). The fraction of sp³-hybridized carbons (Fsp3) is 0.333. The van der Waals surface area contributed by atoms with Crippen molar-refractivity contribution < 1.29 is 24.3 Å². The Morgan fingerprint density at radius 2 is 1.81 bits per heavy atom. The van der Waals surface area contributed by atoms with Gasteiger partial charge in [0.05, 0.1) is 5.69 Å². The van der Waals surface area contributed by atoms with Crippen LogP contribution in [0, 0.1) is 0 Å². The van der Waals surface area contributed by atoms with Gasteiger partial charge in [0, 0.05) is 19.8 Å². The van der Waals surface area contributed by atoms with Crippen molar-refractivity contribution >= 4 is 29.4 Å². The van der Waals surface area contributed by atoms with Gasteiger partial charge < -0.3 is 15.7 Å². The van der Waals surface area contributed by atoms with E-state index >= 15 is 0 Å². The normalized spacial score (nSPS) is 20.2. The molecule has 0 saturated heterocycles. The van der Waals surface area contributed by atoms with Gasteiger partial charge in [0.15, 0.2) is 0 Å². The van der Waals surface area contributed by atoms with E-state index in [0.717, 1.165) is 16.7 Å². The number of hydrogen-bond acceptors (Lipinski definition) is 4. The predicted octanol–water partition coefficient (Wildman–Crippen LogP) is 1.21. The van der Waals surface area contributed by atoms with Crippen LogP contribution >= 0.6 is 0 Å². The van der Waals surface area contributed by atoms with Crippen LogP contribution in [0.25, 0.3) is 0 Å². The topological polar surface area (TPSA) is 116 Å². The second-order valence-electron chi connectivity index (χ2n) is 8.23. The van der Waals surface area contributed by atoms with Gasteiger partial charge in [-0.05, 0) is 29.5 Å². The number of nitrogens with zero attached hydrogens (tertiary/aromatic N) is 1. The Balaban J connectivity index is 1.57. The minimum atomic E-state index is -1.08. The molecule has 32 heavy (non-hydrogen) atoms. The second-order valence-corrected chi connectivity index (χ2v) is 8.23. The zero-order valence-electron chi connectivity index (χ0n) is 17.7. The molecule has 0 saturated carbocycles. The molecule has 0 aromatic heterocycles. The van der Waals surface area contributed by atoms with Crippen molar-refractivity contribution in [3.05, 3.63) is 65.2 Å². The third-order valence-electron chi connectivity index (χ3n) is 5.99. The smallest absolute Gasteiger partial charge is 0.327 e. The third-order valence-corrected chi connectivity index (χ3v) is 5.99. The van der Waals surface area contributed by atoms with Crippen molar-refractivity contribution in [3.63, 3.8) is 0 Å². The lowest BCUT2D eigenvalue weighted by atomic mass is 10.0. The van der Waals surface area contributed by atoms with E-state index in [4.69, 9.17) is 0 Å². The number of carboxylic acids is 1. The molecule has 2 aliphatic heterocycles. The first-order valence-electron chi connectivity index (χ1n) is 10.6. The minimum absolute atomic E-state index is 0.243. The lowest BCUT2D eigenvalue weighted by molar-refractivity contribution is -0.140. The van der Waals surface area contributed by atoms with Crippen LogP contribution < -0.4 is 15.5 Å². The molecule has 2 aromatic rings. The Labute approximate surface area is 185 Å². The number of aliphatic carboxylic acids is 1. The number of rotatable bonds is 6. The molecule has 0 radical (unpaired) electrons. The van der Waals surface area contributed by atoms with E-state index in [1.54, 1.807) is 0 Å². The molecule has 0 bridgehead atoms. The number of hydrogen-bond donors (Lipinski definition) is 3. The van der Waals surface area contributed by atoms with Gasteiger partial charge in [0.25, 0.3) is 0 Å². The average molecular weight is 435 g/mol. The summed E-state index contributed by atoms with van der Waals surface area (Å²) < 4.78 is 0. The van der Waals surface area contributed by atoms with E-state index in [2.05, 4.69) is 10.6 Å². The van der Waals surface area contributed by atoms with Gasteiger partial charge >= 0.3 is 5.97 Å². The van der Waals surface area contributed by atoms with Crippen molar-refractivity contribution in [3.8, 4) is 0 Å². The largest absolute Gasteiger partial charge is 0.480 e. The van der Waals surface area contributed by atoms with Crippen molar-refractivity contribution in [2.75, 3.05) is 4.90 Å². The number of anilines is 1. The van der Waals surface area contributed by atoms with Crippen molar-refractivity contribution in [2.45, 2.75) is 50.7 Å². The van der Waals surface area contributed by atoms with Crippen LogP contribution in [0.1, 0.15) is 30.0 Å². The van der Waals surface area contributed by atoms with E-state index in [0.29, 0.717) is 18.5 Å². The molecule has 3 N–H and O–H groups in total. The molecule has 2 aromatic carbocycles. The van der Waals surface area contributed by atoms with Gasteiger partial charge in [0.1, 0.15) is 18.1 Å². The highest BCUT2D eigenvalue weighted by molar-refractivity contribution is 6.07. The number of amides is 3. The summed E-state index contributed by atoms with van der Waals surface area (Å²) in [5, 5.41) is 15.1. The first kappa shape index (κ1) is 21.5. The summed E-state index contributed by atoms with van der Waals surface area (Å²) in [6.07, 6.45) is 1.40. The first-order chi connectivity index (χ1) is 15.3.